The normalized spacial score (nSPS) is 14.7. The molecule has 0 atom stereocenters. The molecule has 1 amide bonds. The van der Waals surface area contributed by atoms with Crippen molar-refractivity contribution in [2.45, 2.75) is 32.6 Å². The third kappa shape index (κ3) is 7.78. The van der Waals surface area contributed by atoms with E-state index in [4.69, 9.17) is 14.2 Å². The predicted molar refractivity (Wildman–Crippen MR) is 164 cm³/mol. The molecule has 1 saturated heterocycles. The molecule has 4 rings (SSSR count). The van der Waals surface area contributed by atoms with Gasteiger partial charge in [0, 0.05) is 37.2 Å². The first-order chi connectivity index (χ1) is 19.9. The SMILES string of the molecule is COc1c(NC(=O)C(=O)c2ccc(OCCN3CCCOCC3)c3ccccc23)cc(C(C)(C)C)cc1NS(C)(=O)=O. The molecule has 0 aromatic heterocycles. The summed E-state index contributed by atoms with van der Waals surface area (Å²) in [4.78, 5) is 29.1. The molecule has 2 N–H and O–H groups in total. The minimum Gasteiger partial charge on any atom is -0.492 e. The Kier molecular flexibility index (Phi) is 9.75. The number of Topliss-reactive ketones (excluding diaryl/α,β-unsaturated/α-hetero) is 1. The van der Waals surface area contributed by atoms with E-state index in [1.165, 1.54) is 7.11 Å². The van der Waals surface area contributed by atoms with Crippen LogP contribution in [0.15, 0.2) is 48.5 Å². The molecular weight excluding hydrogens is 558 g/mol. The molecule has 226 valence electrons. The average molecular weight is 598 g/mol. The van der Waals surface area contributed by atoms with Crippen LogP contribution in [0.5, 0.6) is 11.5 Å². The van der Waals surface area contributed by atoms with Crippen molar-refractivity contribution in [3.63, 3.8) is 0 Å². The van der Waals surface area contributed by atoms with Crippen LogP contribution in [-0.2, 0) is 25.0 Å². The molecule has 1 aliphatic heterocycles. The number of rotatable bonds is 10. The Morgan fingerprint density at radius 1 is 1.00 bits per heavy atom. The predicted octanol–water partition coefficient (Wildman–Crippen LogP) is 4.44. The number of hydrogen-bond acceptors (Lipinski definition) is 8. The number of carbonyl (C=O) groups is 2. The molecule has 1 heterocycles. The van der Waals surface area contributed by atoms with Gasteiger partial charge in [0.1, 0.15) is 12.4 Å². The lowest BCUT2D eigenvalue weighted by atomic mass is 9.86. The molecule has 0 spiro atoms. The summed E-state index contributed by atoms with van der Waals surface area (Å²) in [6, 6.07) is 13.9. The first kappa shape index (κ1) is 31.3. The molecular formula is C31H39N3O7S. The number of amides is 1. The van der Waals surface area contributed by atoms with Gasteiger partial charge in [-0.2, -0.15) is 0 Å². The second-order valence-electron chi connectivity index (χ2n) is 11.3. The fourth-order valence-corrected chi connectivity index (χ4v) is 5.40. The van der Waals surface area contributed by atoms with Crippen LogP contribution in [-0.4, -0.2) is 77.8 Å². The van der Waals surface area contributed by atoms with Crippen molar-refractivity contribution in [2.24, 2.45) is 0 Å². The summed E-state index contributed by atoms with van der Waals surface area (Å²) in [6.07, 6.45) is 2.02. The van der Waals surface area contributed by atoms with Gasteiger partial charge in [0.05, 0.1) is 31.3 Å². The summed E-state index contributed by atoms with van der Waals surface area (Å²) < 4.78 is 43.6. The number of ether oxygens (including phenoxy) is 3. The topological polar surface area (TPSA) is 123 Å². The minimum atomic E-state index is -3.65. The average Bonchev–Trinajstić information content (AvgIpc) is 3.20. The molecule has 1 aliphatic rings. The van der Waals surface area contributed by atoms with Gasteiger partial charge in [0.25, 0.3) is 11.7 Å². The van der Waals surface area contributed by atoms with E-state index in [0.29, 0.717) is 24.3 Å². The van der Waals surface area contributed by atoms with Gasteiger partial charge in [-0.1, -0.05) is 45.0 Å². The molecule has 0 unspecified atom stereocenters. The molecule has 3 aromatic rings. The summed E-state index contributed by atoms with van der Waals surface area (Å²) in [7, 11) is -2.28. The van der Waals surface area contributed by atoms with Crippen LogP contribution in [0.2, 0.25) is 0 Å². The highest BCUT2D eigenvalue weighted by Crippen LogP contribution is 2.39. The van der Waals surface area contributed by atoms with Crippen molar-refractivity contribution in [2.75, 3.05) is 62.9 Å². The van der Waals surface area contributed by atoms with Crippen molar-refractivity contribution in [1.82, 2.24) is 4.90 Å². The lowest BCUT2D eigenvalue weighted by molar-refractivity contribution is -0.112. The van der Waals surface area contributed by atoms with Crippen molar-refractivity contribution in [3.05, 3.63) is 59.7 Å². The number of sulfonamides is 1. The Morgan fingerprint density at radius 2 is 1.71 bits per heavy atom. The maximum absolute atomic E-state index is 13.5. The van der Waals surface area contributed by atoms with Crippen LogP contribution in [0.4, 0.5) is 11.4 Å². The van der Waals surface area contributed by atoms with Crippen molar-refractivity contribution in [1.29, 1.82) is 0 Å². The van der Waals surface area contributed by atoms with Gasteiger partial charge in [-0.05, 0) is 47.1 Å². The number of nitrogens with one attached hydrogen (secondary N) is 2. The highest BCUT2D eigenvalue weighted by Gasteiger charge is 2.25. The maximum atomic E-state index is 13.5. The quantitative estimate of drug-likeness (QED) is 0.260. The zero-order chi connectivity index (χ0) is 30.5. The summed E-state index contributed by atoms with van der Waals surface area (Å²) in [5.74, 6) is -0.904. The number of benzene rings is 3. The molecule has 42 heavy (non-hydrogen) atoms. The van der Waals surface area contributed by atoms with Gasteiger partial charge < -0.3 is 19.5 Å². The molecule has 3 aromatic carbocycles. The highest BCUT2D eigenvalue weighted by molar-refractivity contribution is 7.92. The summed E-state index contributed by atoms with van der Waals surface area (Å²) in [6.45, 7) is 10.4. The summed E-state index contributed by atoms with van der Waals surface area (Å²) in [5.41, 5.74) is 0.904. The van der Waals surface area contributed by atoms with Crippen LogP contribution in [0.25, 0.3) is 10.8 Å². The minimum absolute atomic E-state index is 0.0964. The fraction of sp³-hybridized carbons (Fsp3) is 0.419. The molecule has 10 nitrogen and oxygen atoms in total. The summed E-state index contributed by atoms with van der Waals surface area (Å²) >= 11 is 0. The van der Waals surface area contributed by atoms with E-state index < -0.39 is 27.1 Å². The van der Waals surface area contributed by atoms with Gasteiger partial charge in [-0.25, -0.2) is 8.42 Å². The van der Waals surface area contributed by atoms with E-state index in [0.717, 1.165) is 49.9 Å². The molecule has 0 bridgehead atoms. The van der Waals surface area contributed by atoms with E-state index in [9.17, 15) is 18.0 Å². The smallest absolute Gasteiger partial charge is 0.296 e. The monoisotopic (exact) mass is 597 g/mol. The zero-order valence-corrected chi connectivity index (χ0v) is 25.6. The van der Waals surface area contributed by atoms with Gasteiger partial charge in [-0.3, -0.25) is 19.2 Å². The van der Waals surface area contributed by atoms with Crippen LogP contribution < -0.4 is 19.5 Å². The van der Waals surface area contributed by atoms with Crippen LogP contribution in [0, 0.1) is 0 Å². The van der Waals surface area contributed by atoms with Crippen molar-refractivity contribution in [3.8, 4) is 11.5 Å². The van der Waals surface area contributed by atoms with Crippen LogP contribution in [0.3, 0.4) is 0 Å². The van der Waals surface area contributed by atoms with E-state index in [1.54, 1.807) is 36.4 Å². The van der Waals surface area contributed by atoms with Crippen LogP contribution >= 0.6 is 0 Å². The second-order valence-corrected chi connectivity index (χ2v) is 13.1. The summed E-state index contributed by atoms with van der Waals surface area (Å²) in [5, 5.41) is 3.97. The number of anilines is 2. The van der Waals surface area contributed by atoms with E-state index in [2.05, 4.69) is 14.9 Å². The molecule has 11 heteroatoms. The van der Waals surface area contributed by atoms with Gasteiger partial charge in [0.2, 0.25) is 10.0 Å². The van der Waals surface area contributed by atoms with Crippen molar-refractivity contribution >= 4 is 43.9 Å². The lowest BCUT2D eigenvalue weighted by Crippen LogP contribution is -2.30. The Bertz CT molecular complexity index is 1560. The van der Waals surface area contributed by atoms with E-state index >= 15 is 0 Å². The number of ketones is 1. The molecule has 0 saturated carbocycles. The number of carbonyl (C=O) groups excluding carboxylic acids is 2. The molecule has 0 aliphatic carbocycles. The Morgan fingerprint density at radius 3 is 2.40 bits per heavy atom. The number of methoxy groups -OCH3 is 1. The van der Waals surface area contributed by atoms with E-state index in [-0.39, 0.29) is 22.7 Å². The van der Waals surface area contributed by atoms with Crippen molar-refractivity contribution < 1.29 is 32.2 Å². The Hall–Kier alpha value is -3.67. The second kappa shape index (κ2) is 13.1. The number of nitrogens with zero attached hydrogens (tertiary/aromatic N) is 1. The lowest BCUT2D eigenvalue weighted by Gasteiger charge is -2.24. The van der Waals surface area contributed by atoms with Crippen LogP contribution in [0.1, 0.15) is 43.1 Å². The highest BCUT2D eigenvalue weighted by atomic mass is 32.2. The first-order valence-electron chi connectivity index (χ1n) is 13.9. The number of fused-ring (bicyclic) bond motifs is 1. The fourth-order valence-electron chi connectivity index (χ4n) is 4.85. The first-order valence-corrected chi connectivity index (χ1v) is 15.8. The van der Waals surface area contributed by atoms with Gasteiger partial charge in [-0.15, -0.1) is 0 Å². The number of hydrogen-bond donors (Lipinski definition) is 2. The van der Waals surface area contributed by atoms with Gasteiger partial charge >= 0.3 is 0 Å². The van der Waals surface area contributed by atoms with E-state index in [1.807, 2.05) is 32.9 Å². The zero-order valence-electron chi connectivity index (χ0n) is 24.8. The third-order valence-corrected chi connectivity index (χ3v) is 7.61. The molecule has 0 radical (unpaired) electrons. The Labute approximate surface area is 247 Å². The molecule has 1 fully saturated rings. The third-order valence-electron chi connectivity index (χ3n) is 7.02. The van der Waals surface area contributed by atoms with Gasteiger partial charge in [0.15, 0.2) is 5.75 Å². The maximum Gasteiger partial charge on any atom is 0.296 e. The standard InChI is InChI=1S/C31H39N3O7S/c1-31(2,3)21-19-25(29(39-4)26(20-21)33-42(5,37)38)32-30(36)28(35)24-11-12-27(23-10-7-6-9-22(23)24)41-18-15-34-13-8-16-40-17-14-34/h6-7,9-12,19-20,33H,8,13-18H2,1-5H3,(H,32,36). The largest absolute Gasteiger partial charge is 0.492 e. The Balaban J connectivity index is 1.59.